The first kappa shape index (κ1) is 17.6. The Morgan fingerprint density at radius 2 is 2.00 bits per heavy atom. The van der Waals surface area contributed by atoms with Gasteiger partial charge in [0, 0.05) is 30.5 Å². The zero-order chi connectivity index (χ0) is 18.6. The Labute approximate surface area is 159 Å². The average molecular weight is 367 g/mol. The van der Waals surface area contributed by atoms with Crippen LogP contribution in [0, 0.1) is 0 Å². The van der Waals surface area contributed by atoms with E-state index in [2.05, 4.69) is 17.2 Å². The average Bonchev–Trinajstić information content (AvgIpc) is 2.73. The van der Waals surface area contributed by atoms with Gasteiger partial charge in [0.2, 0.25) is 0 Å². The summed E-state index contributed by atoms with van der Waals surface area (Å²) in [7, 11) is 0. The fourth-order valence-electron chi connectivity index (χ4n) is 3.77. The van der Waals surface area contributed by atoms with Crippen molar-refractivity contribution in [3.63, 3.8) is 0 Å². The van der Waals surface area contributed by atoms with Gasteiger partial charge in [0.15, 0.2) is 11.5 Å². The number of carbonyl (C=O) groups excluding carboxylic acids is 1. The number of pyridine rings is 1. The van der Waals surface area contributed by atoms with E-state index in [1.165, 1.54) is 6.42 Å². The molecule has 0 bridgehead atoms. The van der Waals surface area contributed by atoms with Crippen molar-refractivity contribution in [1.82, 2.24) is 9.88 Å². The van der Waals surface area contributed by atoms with E-state index in [0.717, 1.165) is 48.7 Å². The fourth-order valence-corrected chi connectivity index (χ4v) is 3.77. The molecular formula is C21H25N3O3. The van der Waals surface area contributed by atoms with E-state index in [-0.39, 0.29) is 5.91 Å². The molecule has 4 rings (SSSR count). The van der Waals surface area contributed by atoms with E-state index < -0.39 is 0 Å². The fraction of sp³-hybridized carbons (Fsp3) is 0.429. The molecule has 2 aliphatic rings. The molecule has 1 unspecified atom stereocenters. The van der Waals surface area contributed by atoms with Crippen LogP contribution in [0.4, 0.5) is 11.4 Å². The zero-order valence-corrected chi connectivity index (χ0v) is 15.6. The molecule has 1 fully saturated rings. The number of fused-ring (bicyclic) bond motifs is 1. The summed E-state index contributed by atoms with van der Waals surface area (Å²) in [5.41, 5.74) is 2.27. The molecule has 0 spiro atoms. The minimum Gasteiger partial charge on any atom is -0.486 e. The number of rotatable bonds is 4. The topological polar surface area (TPSA) is 63.7 Å². The number of amides is 1. The SMILES string of the molecule is CCC1CCCCN1C(=O)c1cncc(Nc2ccc3c(c2)OCCO3)c1. The number of likely N-dealkylation sites (tertiary alicyclic amines) is 1. The number of nitrogens with zero attached hydrogens (tertiary/aromatic N) is 2. The predicted octanol–water partition coefficient (Wildman–Crippen LogP) is 4.00. The number of hydrogen-bond acceptors (Lipinski definition) is 5. The molecule has 0 aliphatic carbocycles. The highest BCUT2D eigenvalue weighted by atomic mass is 16.6. The molecule has 0 saturated carbocycles. The van der Waals surface area contributed by atoms with Crippen molar-refractivity contribution < 1.29 is 14.3 Å². The molecule has 2 aliphatic heterocycles. The lowest BCUT2D eigenvalue weighted by atomic mass is 9.99. The number of hydrogen-bond donors (Lipinski definition) is 1. The third kappa shape index (κ3) is 3.84. The molecule has 1 amide bonds. The second-order valence-corrected chi connectivity index (χ2v) is 7.00. The van der Waals surface area contributed by atoms with Crippen LogP contribution in [-0.4, -0.2) is 41.6 Å². The summed E-state index contributed by atoms with van der Waals surface area (Å²) in [6, 6.07) is 7.92. The first-order valence-electron chi connectivity index (χ1n) is 9.67. The van der Waals surface area contributed by atoms with Crippen molar-refractivity contribution in [3.05, 3.63) is 42.2 Å². The first-order valence-corrected chi connectivity index (χ1v) is 9.67. The highest BCUT2D eigenvalue weighted by Gasteiger charge is 2.26. The first-order chi connectivity index (χ1) is 13.2. The Kier molecular flexibility index (Phi) is 5.14. The molecule has 142 valence electrons. The van der Waals surface area contributed by atoms with Crippen LogP contribution in [0.25, 0.3) is 0 Å². The highest BCUT2D eigenvalue weighted by molar-refractivity contribution is 5.95. The Hall–Kier alpha value is -2.76. The van der Waals surface area contributed by atoms with Gasteiger partial charge in [0.1, 0.15) is 13.2 Å². The molecule has 1 aromatic carbocycles. The van der Waals surface area contributed by atoms with Crippen molar-refractivity contribution in [2.45, 2.75) is 38.6 Å². The van der Waals surface area contributed by atoms with Crippen molar-refractivity contribution in [2.75, 3.05) is 25.1 Å². The maximum atomic E-state index is 13.0. The van der Waals surface area contributed by atoms with Gasteiger partial charge in [-0.15, -0.1) is 0 Å². The minimum absolute atomic E-state index is 0.0693. The highest BCUT2D eigenvalue weighted by Crippen LogP contribution is 2.33. The van der Waals surface area contributed by atoms with Gasteiger partial charge in [-0.3, -0.25) is 9.78 Å². The van der Waals surface area contributed by atoms with Crippen LogP contribution in [0.1, 0.15) is 43.0 Å². The lowest BCUT2D eigenvalue weighted by Crippen LogP contribution is -2.43. The molecule has 1 saturated heterocycles. The van der Waals surface area contributed by atoms with Gasteiger partial charge in [-0.25, -0.2) is 0 Å². The maximum Gasteiger partial charge on any atom is 0.255 e. The van der Waals surface area contributed by atoms with Crippen LogP contribution in [-0.2, 0) is 0 Å². The van der Waals surface area contributed by atoms with Gasteiger partial charge < -0.3 is 19.7 Å². The van der Waals surface area contributed by atoms with E-state index in [1.54, 1.807) is 12.4 Å². The standard InChI is InChI=1S/C21H25N3O3/c1-2-18-5-3-4-8-24(18)21(25)15-11-17(14-22-13-15)23-16-6-7-19-20(12-16)27-10-9-26-19/h6-7,11-14,18,23H,2-5,8-10H2,1H3. The van der Waals surface area contributed by atoms with E-state index in [0.29, 0.717) is 24.8 Å². The second kappa shape index (κ2) is 7.86. The van der Waals surface area contributed by atoms with E-state index in [1.807, 2.05) is 29.2 Å². The van der Waals surface area contributed by atoms with E-state index in [4.69, 9.17) is 9.47 Å². The third-order valence-electron chi connectivity index (χ3n) is 5.18. The van der Waals surface area contributed by atoms with Gasteiger partial charge in [-0.2, -0.15) is 0 Å². The monoisotopic (exact) mass is 367 g/mol. The lowest BCUT2D eigenvalue weighted by Gasteiger charge is -2.35. The Morgan fingerprint density at radius 1 is 1.15 bits per heavy atom. The molecule has 3 heterocycles. The van der Waals surface area contributed by atoms with Crippen molar-refractivity contribution >= 4 is 17.3 Å². The lowest BCUT2D eigenvalue weighted by molar-refractivity contribution is 0.0607. The van der Waals surface area contributed by atoms with Crippen LogP contribution >= 0.6 is 0 Å². The van der Waals surface area contributed by atoms with Crippen LogP contribution < -0.4 is 14.8 Å². The molecule has 6 nitrogen and oxygen atoms in total. The number of aromatic nitrogens is 1. The van der Waals surface area contributed by atoms with Crippen LogP contribution in [0.3, 0.4) is 0 Å². The summed E-state index contributed by atoms with van der Waals surface area (Å²) in [4.78, 5) is 19.3. The number of carbonyl (C=O) groups is 1. The molecule has 0 radical (unpaired) electrons. The Bertz CT molecular complexity index is 824. The molecule has 1 aromatic heterocycles. The number of benzene rings is 1. The summed E-state index contributed by atoms with van der Waals surface area (Å²) in [5, 5.41) is 3.31. The molecular weight excluding hydrogens is 342 g/mol. The van der Waals surface area contributed by atoms with E-state index in [9.17, 15) is 4.79 Å². The van der Waals surface area contributed by atoms with Crippen molar-refractivity contribution in [2.24, 2.45) is 0 Å². The third-order valence-corrected chi connectivity index (χ3v) is 5.18. The van der Waals surface area contributed by atoms with E-state index >= 15 is 0 Å². The van der Waals surface area contributed by atoms with Gasteiger partial charge in [-0.05, 0) is 43.9 Å². The predicted molar refractivity (Wildman–Crippen MR) is 104 cm³/mol. The van der Waals surface area contributed by atoms with Gasteiger partial charge >= 0.3 is 0 Å². The normalized spacial score (nSPS) is 18.9. The second-order valence-electron chi connectivity index (χ2n) is 7.00. The number of piperidine rings is 1. The summed E-state index contributed by atoms with van der Waals surface area (Å²) >= 11 is 0. The molecule has 1 atom stereocenters. The number of nitrogens with one attached hydrogen (secondary N) is 1. The summed E-state index contributed by atoms with van der Waals surface area (Å²) in [5.74, 6) is 1.55. The van der Waals surface area contributed by atoms with Gasteiger partial charge in [-0.1, -0.05) is 6.92 Å². The van der Waals surface area contributed by atoms with Crippen LogP contribution in [0.5, 0.6) is 11.5 Å². The summed E-state index contributed by atoms with van der Waals surface area (Å²) in [6.45, 7) is 4.10. The largest absolute Gasteiger partial charge is 0.486 e. The van der Waals surface area contributed by atoms with Crippen LogP contribution in [0.15, 0.2) is 36.7 Å². The molecule has 27 heavy (non-hydrogen) atoms. The summed E-state index contributed by atoms with van der Waals surface area (Å²) in [6.07, 6.45) is 7.73. The Balaban J connectivity index is 1.51. The maximum absolute atomic E-state index is 13.0. The van der Waals surface area contributed by atoms with Gasteiger partial charge in [0.05, 0.1) is 17.4 Å². The smallest absolute Gasteiger partial charge is 0.255 e. The minimum atomic E-state index is 0.0693. The Morgan fingerprint density at radius 3 is 2.85 bits per heavy atom. The quantitative estimate of drug-likeness (QED) is 0.885. The van der Waals surface area contributed by atoms with Crippen molar-refractivity contribution in [1.29, 1.82) is 0 Å². The molecule has 6 heteroatoms. The number of ether oxygens (including phenoxy) is 2. The molecule has 1 N–H and O–H groups in total. The van der Waals surface area contributed by atoms with Crippen molar-refractivity contribution in [3.8, 4) is 11.5 Å². The van der Waals surface area contributed by atoms with Gasteiger partial charge in [0.25, 0.3) is 5.91 Å². The molecule has 2 aromatic rings. The summed E-state index contributed by atoms with van der Waals surface area (Å²) < 4.78 is 11.2. The van der Waals surface area contributed by atoms with Crippen LogP contribution in [0.2, 0.25) is 0 Å². The zero-order valence-electron chi connectivity index (χ0n) is 15.6. The number of anilines is 2.